The van der Waals surface area contributed by atoms with Gasteiger partial charge in [-0.2, -0.15) is 0 Å². The number of anilines is 1. The lowest BCUT2D eigenvalue weighted by Gasteiger charge is -2.06. The lowest BCUT2D eigenvalue weighted by atomic mass is 10.1. The second-order valence-electron chi connectivity index (χ2n) is 4.39. The zero-order chi connectivity index (χ0) is 14.5. The number of allylic oxidation sites excluding steroid dienone is 4. The monoisotopic (exact) mass is 270 g/mol. The van der Waals surface area contributed by atoms with Crippen molar-refractivity contribution in [2.75, 3.05) is 18.5 Å². The number of aliphatic hydroxyl groups excluding tert-OH is 1. The van der Waals surface area contributed by atoms with Crippen LogP contribution in [-0.4, -0.2) is 32.9 Å². The van der Waals surface area contributed by atoms with Gasteiger partial charge in [0.2, 0.25) is 0 Å². The average Bonchev–Trinajstić information content (AvgIpc) is 2.87. The van der Waals surface area contributed by atoms with Crippen molar-refractivity contribution in [3.8, 4) is 0 Å². The molecule has 0 aliphatic carbocycles. The molecule has 0 aliphatic rings. The van der Waals surface area contributed by atoms with Gasteiger partial charge in [0.25, 0.3) is 0 Å². The normalized spacial score (nSPS) is 11.6. The van der Waals surface area contributed by atoms with E-state index in [1.807, 2.05) is 25.1 Å². The van der Waals surface area contributed by atoms with Crippen LogP contribution in [0.4, 0.5) is 5.82 Å². The molecule has 0 saturated carbocycles. The van der Waals surface area contributed by atoms with E-state index in [1.165, 1.54) is 0 Å². The largest absolute Gasteiger partial charge is 0.395 e. The van der Waals surface area contributed by atoms with Crippen LogP contribution < -0.4 is 5.32 Å². The molecule has 2 N–H and O–H groups in total. The summed E-state index contributed by atoms with van der Waals surface area (Å²) in [6.45, 7) is 10.1. The molecule has 0 bridgehead atoms. The van der Waals surface area contributed by atoms with Gasteiger partial charge in [0.05, 0.1) is 18.5 Å². The molecule has 0 fully saturated rings. The molecule has 0 saturated heterocycles. The predicted molar refractivity (Wildman–Crippen MR) is 81.6 cm³/mol. The Hall–Kier alpha value is -2.40. The number of aliphatic hydroxyl groups is 1. The summed E-state index contributed by atoms with van der Waals surface area (Å²) in [6, 6.07) is 3.72. The molecule has 0 unspecified atom stereocenters. The summed E-state index contributed by atoms with van der Waals surface area (Å²) in [4.78, 5) is 4.32. The summed E-state index contributed by atoms with van der Waals surface area (Å²) < 4.78 is 1.77. The number of aromatic nitrogens is 3. The van der Waals surface area contributed by atoms with Crippen LogP contribution in [0.3, 0.4) is 0 Å². The first-order valence-electron chi connectivity index (χ1n) is 6.35. The van der Waals surface area contributed by atoms with E-state index in [0.717, 1.165) is 22.5 Å². The summed E-state index contributed by atoms with van der Waals surface area (Å²) >= 11 is 0. The summed E-state index contributed by atoms with van der Waals surface area (Å²) in [5.74, 6) is 0.696. The Balaban J connectivity index is 2.41. The van der Waals surface area contributed by atoms with Crippen LogP contribution in [0.2, 0.25) is 0 Å². The number of nitrogens with zero attached hydrogens (tertiary/aromatic N) is 3. The van der Waals surface area contributed by atoms with Gasteiger partial charge in [0.15, 0.2) is 5.65 Å². The lowest BCUT2D eigenvalue weighted by Crippen LogP contribution is -2.09. The quantitative estimate of drug-likeness (QED) is 0.790. The highest BCUT2D eigenvalue weighted by molar-refractivity contribution is 5.66. The third kappa shape index (κ3) is 2.95. The van der Waals surface area contributed by atoms with Crippen molar-refractivity contribution in [2.45, 2.75) is 6.92 Å². The van der Waals surface area contributed by atoms with Gasteiger partial charge in [0.1, 0.15) is 5.82 Å². The number of nitrogens with one attached hydrogen (secondary N) is 1. The van der Waals surface area contributed by atoms with E-state index < -0.39 is 0 Å². The van der Waals surface area contributed by atoms with E-state index in [9.17, 15) is 0 Å². The number of imidazole rings is 1. The van der Waals surface area contributed by atoms with Crippen LogP contribution in [0.25, 0.3) is 11.2 Å². The second-order valence-corrected chi connectivity index (χ2v) is 4.39. The number of rotatable bonds is 6. The Morgan fingerprint density at radius 3 is 3.00 bits per heavy atom. The molecule has 2 rings (SSSR count). The van der Waals surface area contributed by atoms with Crippen LogP contribution in [0, 0.1) is 0 Å². The van der Waals surface area contributed by atoms with Crippen LogP contribution >= 0.6 is 0 Å². The molecule has 2 aromatic heterocycles. The number of fused-ring (bicyclic) bond motifs is 1. The molecule has 0 atom stereocenters. The first-order valence-corrected chi connectivity index (χ1v) is 6.35. The standard InChI is InChI=1S/C15H18N4O/c1-4-11(2)9-12(3)13-10-17-15-6-5-14(16-7-8-20)18-19(13)15/h4-6,9-10,20H,1-2,7-8H2,3H3,(H,16,18)/b12-9+. The minimum absolute atomic E-state index is 0.0641. The molecule has 0 aliphatic heterocycles. The molecule has 104 valence electrons. The van der Waals surface area contributed by atoms with E-state index in [4.69, 9.17) is 5.11 Å². The average molecular weight is 270 g/mol. The molecule has 20 heavy (non-hydrogen) atoms. The molecule has 0 spiro atoms. The van der Waals surface area contributed by atoms with Crippen molar-refractivity contribution < 1.29 is 5.11 Å². The van der Waals surface area contributed by atoms with Crippen molar-refractivity contribution in [1.82, 2.24) is 14.6 Å². The zero-order valence-electron chi connectivity index (χ0n) is 11.5. The Morgan fingerprint density at radius 2 is 2.30 bits per heavy atom. The maximum Gasteiger partial charge on any atom is 0.154 e. The van der Waals surface area contributed by atoms with Crippen LogP contribution in [0.1, 0.15) is 12.6 Å². The van der Waals surface area contributed by atoms with Gasteiger partial charge in [-0.1, -0.05) is 25.3 Å². The van der Waals surface area contributed by atoms with Crippen LogP contribution in [-0.2, 0) is 0 Å². The highest BCUT2D eigenvalue weighted by Gasteiger charge is 2.07. The molecule has 0 amide bonds. The summed E-state index contributed by atoms with van der Waals surface area (Å²) in [7, 11) is 0. The van der Waals surface area contributed by atoms with Gasteiger partial charge in [-0.3, -0.25) is 0 Å². The zero-order valence-corrected chi connectivity index (χ0v) is 11.5. The van der Waals surface area contributed by atoms with Gasteiger partial charge < -0.3 is 10.4 Å². The highest BCUT2D eigenvalue weighted by atomic mass is 16.3. The van der Waals surface area contributed by atoms with Gasteiger partial charge in [0, 0.05) is 6.54 Å². The predicted octanol–water partition coefficient (Wildman–Crippen LogP) is 2.28. The molecular formula is C15H18N4O. The topological polar surface area (TPSA) is 62.5 Å². The Labute approximate surface area is 118 Å². The van der Waals surface area contributed by atoms with E-state index >= 15 is 0 Å². The van der Waals surface area contributed by atoms with Crippen LogP contribution in [0.15, 0.2) is 49.2 Å². The van der Waals surface area contributed by atoms with Gasteiger partial charge >= 0.3 is 0 Å². The van der Waals surface area contributed by atoms with E-state index in [1.54, 1.807) is 16.8 Å². The molecule has 5 nitrogen and oxygen atoms in total. The fourth-order valence-corrected chi connectivity index (χ4v) is 1.83. The van der Waals surface area contributed by atoms with Gasteiger partial charge in [-0.05, 0) is 30.2 Å². The van der Waals surface area contributed by atoms with E-state index in [2.05, 4.69) is 28.6 Å². The van der Waals surface area contributed by atoms with Gasteiger partial charge in [-0.15, -0.1) is 5.10 Å². The number of hydrogen-bond acceptors (Lipinski definition) is 4. The lowest BCUT2D eigenvalue weighted by molar-refractivity contribution is 0.311. The fraction of sp³-hybridized carbons (Fsp3) is 0.200. The van der Waals surface area contributed by atoms with E-state index in [0.29, 0.717) is 12.4 Å². The van der Waals surface area contributed by atoms with Crippen molar-refractivity contribution in [2.24, 2.45) is 0 Å². The molecule has 0 radical (unpaired) electrons. The van der Waals surface area contributed by atoms with Crippen molar-refractivity contribution in [3.63, 3.8) is 0 Å². The smallest absolute Gasteiger partial charge is 0.154 e. The Bertz CT molecular complexity index is 670. The third-order valence-corrected chi connectivity index (χ3v) is 2.85. The Kier molecular flexibility index (Phi) is 4.32. The molecule has 5 heteroatoms. The summed E-state index contributed by atoms with van der Waals surface area (Å²) in [5.41, 5.74) is 3.52. The summed E-state index contributed by atoms with van der Waals surface area (Å²) in [6.07, 6.45) is 5.42. The Morgan fingerprint density at radius 1 is 1.50 bits per heavy atom. The summed E-state index contributed by atoms with van der Waals surface area (Å²) in [5, 5.41) is 16.3. The molecule has 2 aromatic rings. The van der Waals surface area contributed by atoms with Gasteiger partial charge in [-0.25, -0.2) is 9.50 Å². The minimum Gasteiger partial charge on any atom is -0.395 e. The third-order valence-electron chi connectivity index (χ3n) is 2.85. The maximum absolute atomic E-state index is 8.83. The molecule has 0 aromatic carbocycles. The second kappa shape index (κ2) is 6.16. The number of hydrogen-bond donors (Lipinski definition) is 2. The minimum atomic E-state index is 0.0641. The highest BCUT2D eigenvalue weighted by Crippen LogP contribution is 2.18. The van der Waals surface area contributed by atoms with Crippen molar-refractivity contribution in [1.29, 1.82) is 0 Å². The van der Waals surface area contributed by atoms with E-state index in [-0.39, 0.29) is 6.61 Å². The van der Waals surface area contributed by atoms with Crippen LogP contribution in [0.5, 0.6) is 0 Å². The maximum atomic E-state index is 8.83. The first-order chi connectivity index (χ1) is 9.65. The van der Waals surface area contributed by atoms with Crippen molar-refractivity contribution >= 4 is 17.0 Å². The molecule has 2 heterocycles. The SMILES string of the molecule is C=CC(=C)/C=C(\C)c1cnc2ccc(NCCO)nn12. The fourth-order valence-electron chi connectivity index (χ4n) is 1.83. The van der Waals surface area contributed by atoms with Crippen molar-refractivity contribution in [3.05, 3.63) is 54.9 Å². The first kappa shape index (κ1) is 14.0. The molecular weight excluding hydrogens is 252 g/mol.